The van der Waals surface area contributed by atoms with E-state index in [1.165, 1.54) is 0 Å². The largest absolute Gasteiger partial charge is 0.384 e. The predicted molar refractivity (Wildman–Crippen MR) is 86.1 cm³/mol. The summed E-state index contributed by atoms with van der Waals surface area (Å²) in [5.74, 6) is 0. The van der Waals surface area contributed by atoms with Gasteiger partial charge in [-0.15, -0.1) is 0 Å². The van der Waals surface area contributed by atoms with Gasteiger partial charge in [0, 0.05) is 6.26 Å². The molecule has 0 unspecified atom stereocenters. The highest BCUT2D eigenvalue weighted by Crippen LogP contribution is 2.40. The van der Waals surface area contributed by atoms with Gasteiger partial charge in [-0.25, -0.2) is 8.42 Å². The quantitative estimate of drug-likeness (QED) is 0.862. The van der Waals surface area contributed by atoms with Crippen LogP contribution in [0, 0.1) is 0 Å². The van der Waals surface area contributed by atoms with Crippen LogP contribution in [0.5, 0.6) is 0 Å². The van der Waals surface area contributed by atoms with E-state index in [4.69, 9.17) is 23.2 Å². The molecule has 0 amide bonds. The lowest BCUT2D eigenvalue weighted by Gasteiger charge is -2.24. The SMILES string of the molecule is CS(=O)(=O)C(Cl)(Cl)[C@H](O)c1ccc(-c2ccccc2)cc1. The van der Waals surface area contributed by atoms with E-state index in [0.717, 1.165) is 17.4 Å². The Kier molecular flexibility index (Phi) is 4.63. The molecule has 2 rings (SSSR count). The van der Waals surface area contributed by atoms with Gasteiger partial charge in [-0.2, -0.15) is 0 Å². The molecule has 0 bridgehead atoms. The van der Waals surface area contributed by atoms with E-state index >= 15 is 0 Å². The summed E-state index contributed by atoms with van der Waals surface area (Å²) in [5.41, 5.74) is 2.30. The van der Waals surface area contributed by atoms with Gasteiger partial charge in [-0.05, 0) is 16.7 Å². The average molecular weight is 345 g/mol. The van der Waals surface area contributed by atoms with Crippen LogP contribution in [0.3, 0.4) is 0 Å². The summed E-state index contributed by atoms with van der Waals surface area (Å²) in [6, 6.07) is 16.4. The van der Waals surface area contributed by atoms with Crippen molar-refractivity contribution in [3.05, 3.63) is 60.2 Å². The molecular formula is C15H14Cl2O3S. The second-order valence-electron chi connectivity index (χ2n) is 4.72. The molecule has 1 atom stereocenters. The van der Waals surface area contributed by atoms with Crippen molar-refractivity contribution in [3.63, 3.8) is 0 Å². The molecule has 6 heteroatoms. The lowest BCUT2D eigenvalue weighted by atomic mass is 10.0. The predicted octanol–water partition coefficient (Wildman–Crippen LogP) is 3.56. The number of aliphatic hydroxyl groups is 1. The van der Waals surface area contributed by atoms with E-state index in [-0.39, 0.29) is 0 Å². The normalized spacial score (nSPS) is 13.9. The van der Waals surface area contributed by atoms with Crippen LogP contribution in [0.4, 0.5) is 0 Å². The van der Waals surface area contributed by atoms with E-state index in [2.05, 4.69) is 0 Å². The molecule has 0 aliphatic heterocycles. The molecule has 0 saturated carbocycles. The molecule has 112 valence electrons. The Morgan fingerprint density at radius 3 is 1.90 bits per heavy atom. The van der Waals surface area contributed by atoms with Gasteiger partial charge in [0.25, 0.3) is 0 Å². The van der Waals surface area contributed by atoms with Crippen LogP contribution < -0.4 is 0 Å². The number of benzene rings is 2. The monoisotopic (exact) mass is 344 g/mol. The van der Waals surface area contributed by atoms with Crippen molar-refractivity contribution in [2.75, 3.05) is 6.26 Å². The topological polar surface area (TPSA) is 54.4 Å². The van der Waals surface area contributed by atoms with Crippen LogP contribution in [0.15, 0.2) is 54.6 Å². The lowest BCUT2D eigenvalue weighted by Crippen LogP contribution is -2.32. The summed E-state index contributed by atoms with van der Waals surface area (Å²) in [6.07, 6.45) is -0.644. The second kappa shape index (κ2) is 5.97. The molecule has 21 heavy (non-hydrogen) atoms. The van der Waals surface area contributed by atoms with E-state index in [9.17, 15) is 13.5 Å². The van der Waals surface area contributed by atoms with Crippen LogP contribution in [-0.2, 0) is 9.84 Å². The highest BCUT2D eigenvalue weighted by Gasteiger charge is 2.44. The smallest absolute Gasteiger partial charge is 0.247 e. The fourth-order valence-electron chi connectivity index (χ4n) is 1.89. The number of halogens is 2. The van der Waals surface area contributed by atoms with Crippen LogP contribution in [-0.4, -0.2) is 23.4 Å². The fourth-order valence-corrected chi connectivity index (χ4v) is 2.68. The van der Waals surface area contributed by atoms with Crippen LogP contribution >= 0.6 is 23.2 Å². The summed E-state index contributed by atoms with van der Waals surface area (Å²) < 4.78 is 20.8. The highest BCUT2D eigenvalue weighted by atomic mass is 35.5. The van der Waals surface area contributed by atoms with Gasteiger partial charge < -0.3 is 5.11 Å². The van der Waals surface area contributed by atoms with Crippen molar-refractivity contribution >= 4 is 33.0 Å². The molecule has 0 radical (unpaired) electrons. The van der Waals surface area contributed by atoms with Crippen LogP contribution in [0.2, 0.25) is 0 Å². The van der Waals surface area contributed by atoms with Crippen molar-refractivity contribution in [1.82, 2.24) is 0 Å². The van der Waals surface area contributed by atoms with E-state index < -0.39 is 19.6 Å². The van der Waals surface area contributed by atoms with Gasteiger partial charge in [0.1, 0.15) is 6.10 Å². The van der Waals surface area contributed by atoms with Gasteiger partial charge in [0.05, 0.1) is 0 Å². The molecule has 0 aliphatic carbocycles. The minimum atomic E-state index is -3.83. The Balaban J connectivity index is 2.32. The molecular weight excluding hydrogens is 331 g/mol. The maximum atomic E-state index is 11.5. The Hall–Kier alpha value is -1.07. The third kappa shape index (κ3) is 3.40. The van der Waals surface area contributed by atoms with Gasteiger partial charge >= 0.3 is 0 Å². The summed E-state index contributed by atoms with van der Waals surface area (Å²) in [5, 5.41) is 10.1. The van der Waals surface area contributed by atoms with E-state index in [1.54, 1.807) is 24.3 Å². The van der Waals surface area contributed by atoms with Gasteiger partial charge in [0.2, 0.25) is 3.67 Å². The Bertz CT molecular complexity index is 710. The zero-order valence-electron chi connectivity index (χ0n) is 11.2. The van der Waals surface area contributed by atoms with Crippen molar-refractivity contribution < 1.29 is 13.5 Å². The summed E-state index contributed by atoms with van der Waals surface area (Å²) in [6.45, 7) is 0. The molecule has 0 spiro atoms. The van der Waals surface area contributed by atoms with Crippen molar-refractivity contribution in [2.45, 2.75) is 9.77 Å². The molecule has 2 aromatic rings. The third-order valence-corrected chi connectivity index (χ3v) is 6.45. The van der Waals surface area contributed by atoms with Crippen molar-refractivity contribution in [2.24, 2.45) is 0 Å². The van der Waals surface area contributed by atoms with Crippen molar-refractivity contribution in [1.29, 1.82) is 0 Å². The number of sulfone groups is 1. The minimum Gasteiger partial charge on any atom is -0.384 e. The second-order valence-corrected chi connectivity index (χ2v) is 8.75. The first-order chi connectivity index (χ1) is 9.73. The Labute approximate surface area is 134 Å². The number of alkyl halides is 2. The average Bonchev–Trinajstić information content (AvgIpc) is 2.46. The number of hydrogen-bond acceptors (Lipinski definition) is 3. The maximum absolute atomic E-state index is 11.5. The molecule has 0 aromatic heterocycles. The van der Waals surface area contributed by atoms with Crippen molar-refractivity contribution in [3.8, 4) is 11.1 Å². The van der Waals surface area contributed by atoms with Gasteiger partial charge in [-0.1, -0.05) is 77.8 Å². The molecule has 0 fully saturated rings. The molecule has 0 aliphatic rings. The van der Waals surface area contributed by atoms with Crippen LogP contribution in [0.25, 0.3) is 11.1 Å². The Morgan fingerprint density at radius 2 is 1.43 bits per heavy atom. The first kappa shape index (κ1) is 16.3. The first-order valence-electron chi connectivity index (χ1n) is 6.14. The van der Waals surface area contributed by atoms with Gasteiger partial charge in [-0.3, -0.25) is 0 Å². The lowest BCUT2D eigenvalue weighted by molar-refractivity contribution is 0.181. The standard InChI is InChI=1S/C15H14Cl2O3S/c1-21(19,20)15(16,17)14(18)13-9-7-12(8-10-13)11-5-3-2-4-6-11/h2-10,14,18H,1H3/t14-/m1/s1. The van der Waals surface area contributed by atoms with E-state index in [1.807, 2.05) is 30.3 Å². The van der Waals surface area contributed by atoms with E-state index in [0.29, 0.717) is 5.56 Å². The molecule has 1 N–H and O–H groups in total. The highest BCUT2D eigenvalue weighted by molar-refractivity contribution is 7.94. The molecule has 3 nitrogen and oxygen atoms in total. The van der Waals surface area contributed by atoms with Gasteiger partial charge in [0.15, 0.2) is 9.84 Å². The Morgan fingerprint density at radius 1 is 0.952 bits per heavy atom. The fraction of sp³-hybridized carbons (Fsp3) is 0.200. The number of hydrogen-bond donors (Lipinski definition) is 1. The summed E-state index contributed by atoms with van der Waals surface area (Å²) in [7, 11) is -3.83. The maximum Gasteiger partial charge on any atom is 0.247 e. The molecule has 2 aromatic carbocycles. The number of rotatable bonds is 4. The number of aliphatic hydroxyl groups excluding tert-OH is 1. The zero-order chi connectivity index (χ0) is 15.7. The first-order valence-corrected chi connectivity index (χ1v) is 8.79. The third-order valence-electron chi connectivity index (χ3n) is 3.15. The summed E-state index contributed by atoms with van der Waals surface area (Å²) >= 11 is 11.6. The molecule has 0 heterocycles. The zero-order valence-corrected chi connectivity index (χ0v) is 13.5. The summed E-state index contributed by atoms with van der Waals surface area (Å²) in [4.78, 5) is 0. The van der Waals surface area contributed by atoms with Crippen LogP contribution in [0.1, 0.15) is 11.7 Å². The minimum absolute atomic E-state index is 0.338. The molecule has 0 saturated heterocycles.